The van der Waals surface area contributed by atoms with Crippen molar-refractivity contribution in [1.29, 1.82) is 5.26 Å². The van der Waals surface area contributed by atoms with Crippen molar-refractivity contribution in [2.75, 3.05) is 0 Å². The van der Waals surface area contributed by atoms with Crippen LogP contribution in [0.5, 0.6) is 5.75 Å². The summed E-state index contributed by atoms with van der Waals surface area (Å²) in [6.45, 7) is 2.23. The van der Waals surface area contributed by atoms with Crippen LogP contribution in [0.4, 0.5) is 0 Å². The summed E-state index contributed by atoms with van der Waals surface area (Å²) in [6.07, 6.45) is 5.16. The van der Waals surface area contributed by atoms with Crippen LogP contribution in [-0.2, 0) is 0 Å². The summed E-state index contributed by atoms with van der Waals surface area (Å²) in [5.74, 6) is 1.37. The molecule has 0 heterocycles. The molecule has 2 nitrogen and oxygen atoms in total. The first kappa shape index (κ1) is 14.9. The third-order valence-electron chi connectivity index (χ3n) is 3.38. The molecule has 1 aliphatic rings. The largest absolute Gasteiger partial charge is 0.490 e. The highest BCUT2D eigenvalue weighted by atomic mass is 35.5. The summed E-state index contributed by atoms with van der Waals surface area (Å²) in [4.78, 5) is 0. The molecule has 2 rings (SSSR count). The van der Waals surface area contributed by atoms with Gasteiger partial charge in [0.25, 0.3) is 0 Å². The molecular weight excluding hydrogens is 246 g/mol. The van der Waals surface area contributed by atoms with E-state index in [9.17, 15) is 0 Å². The van der Waals surface area contributed by atoms with Gasteiger partial charge in [-0.05, 0) is 37.3 Å². The van der Waals surface area contributed by atoms with E-state index >= 15 is 0 Å². The second kappa shape index (κ2) is 6.66. The third-order valence-corrected chi connectivity index (χ3v) is 3.69. The van der Waals surface area contributed by atoms with E-state index in [4.69, 9.17) is 21.6 Å². The van der Waals surface area contributed by atoms with Crippen LogP contribution in [0, 0.1) is 17.2 Å². The molecule has 0 saturated heterocycles. The molecule has 1 aromatic rings. The number of nitrogens with zero attached hydrogens (tertiary/aromatic N) is 1. The Labute approximate surface area is 115 Å². The van der Waals surface area contributed by atoms with Crippen LogP contribution in [-0.4, -0.2) is 6.10 Å². The van der Waals surface area contributed by atoms with Crippen LogP contribution in [0.2, 0.25) is 5.02 Å². The fourth-order valence-electron chi connectivity index (χ4n) is 2.29. The highest BCUT2D eigenvalue weighted by molar-refractivity contribution is 6.31. The van der Waals surface area contributed by atoms with Crippen LogP contribution < -0.4 is 4.74 Å². The number of hydrogen-bond acceptors (Lipinski definition) is 2. The molecule has 0 aliphatic heterocycles. The molecule has 1 fully saturated rings. The maximum absolute atomic E-state index is 8.80. The maximum atomic E-state index is 8.80. The van der Waals surface area contributed by atoms with Gasteiger partial charge in [0.05, 0.1) is 10.6 Å². The van der Waals surface area contributed by atoms with Gasteiger partial charge in [0.1, 0.15) is 17.9 Å². The Morgan fingerprint density at radius 3 is 2.67 bits per heavy atom. The highest BCUT2D eigenvalue weighted by Gasteiger charge is 2.22. The van der Waals surface area contributed by atoms with E-state index in [0.717, 1.165) is 12.2 Å². The fraction of sp³-hybridized carbons (Fsp3) is 0.533. The zero-order valence-electron chi connectivity index (χ0n) is 9.95. The first-order chi connectivity index (χ1) is 8.20. The van der Waals surface area contributed by atoms with E-state index in [1.54, 1.807) is 12.1 Å². The van der Waals surface area contributed by atoms with Crippen molar-refractivity contribution in [2.24, 2.45) is 5.92 Å². The normalized spacial score (nSPS) is 22.7. The van der Waals surface area contributed by atoms with Crippen LogP contribution in [0.3, 0.4) is 0 Å². The zero-order valence-corrected chi connectivity index (χ0v) is 10.7. The SMILES string of the molecule is C.C[C@H]1CCCC[C@@H]1Oc1ccc(C#N)c(Cl)c1. The Balaban J connectivity index is 0.00000162. The van der Waals surface area contributed by atoms with Gasteiger partial charge in [0.2, 0.25) is 0 Å². The molecule has 18 heavy (non-hydrogen) atoms. The van der Waals surface area contributed by atoms with Crippen molar-refractivity contribution in [3.05, 3.63) is 28.8 Å². The van der Waals surface area contributed by atoms with E-state index in [-0.39, 0.29) is 13.5 Å². The Bertz CT molecular complexity index is 439. The Kier molecular flexibility index (Phi) is 5.50. The molecule has 98 valence electrons. The predicted molar refractivity (Wildman–Crippen MR) is 74.9 cm³/mol. The Morgan fingerprint density at radius 2 is 2.06 bits per heavy atom. The monoisotopic (exact) mass is 265 g/mol. The summed E-state index contributed by atoms with van der Waals surface area (Å²) in [5.41, 5.74) is 0.496. The number of rotatable bonds is 2. The van der Waals surface area contributed by atoms with Gasteiger partial charge >= 0.3 is 0 Å². The van der Waals surface area contributed by atoms with Crippen molar-refractivity contribution in [3.63, 3.8) is 0 Å². The molecular formula is C15H20ClNO. The lowest BCUT2D eigenvalue weighted by Crippen LogP contribution is -2.28. The summed E-state index contributed by atoms with van der Waals surface area (Å²) in [6, 6.07) is 7.32. The first-order valence-corrected chi connectivity index (χ1v) is 6.45. The minimum Gasteiger partial charge on any atom is -0.490 e. The van der Waals surface area contributed by atoms with Crippen molar-refractivity contribution >= 4 is 11.6 Å². The Hall–Kier alpha value is -1.20. The maximum Gasteiger partial charge on any atom is 0.121 e. The lowest BCUT2D eigenvalue weighted by Gasteiger charge is -2.29. The molecule has 1 aliphatic carbocycles. The standard InChI is InChI=1S/C14H16ClNO.CH4/c1-10-4-2-3-5-14(10)17-12-7-6-11(9-16)13(15)8-12;/h6-8,10,14H,2-5H2,1H3;1H4/t10-,14-;/m0./s1. The van der Waals surface area contributed by atoms with Crippen LogP contribution >= 0.6 is 11.6 Å². The smallest absolute Gasteiger partial charge is 0.121 e. The van der Waals surface area contributed by atoms with Gasteiger partial charge in [-0.15, -0.1) is 0 Å². The number of halogens is 1. The van der Waals surface area contributed by atoms with Gasteiger partial charge in [-0.3, -0.25) is 0 Å². The number of benzene rings is 1. The fourth-order valence-corrected chi connectivity index (χ4v) is 2.50. The van der Waals surface area contributed by atoms with E-state index in [1.165, 1.54) is 19.3 Å². The minimum absolute atomic E-state index is 0. The molecule has 0 bridgehead atoms. The van der Waals surface area contributed by atoms with E-state index < -0.39 is 0 Å². The zero-order chi connectivity index (χ0) is 12.3. The Morgan fingerprint density at radius 1 is 1.33 bits per heavy atom. The lowest BCUT2D eigenvalue weighted by molar-refractivity contribution is 0.102. The van der Waals surface area contributed by atoms with Crippen LogP contribution in [0.15, 0.2) is 18.2 Å². The van der Waals surface area contributed by atoms with Gasteiger partial charge in [0, 0.05) is 6.07 Å². The molecule has 0 radical (unpaired) electrons. The second-order valence-electron chi connectivity index (χ2n) is 4.67. The van der Waals surface area contributed by atoms with Gasteiger partial charge < -0.3 is 4.74 Å². The lowest BCUT2D eigenvalue weighted by atomic mass is 9.88. The quantitative estimate of drug-likeness (QED) is 0.769. The van der Waals surface area contributed by atoms with E-state index in [1.807, 2.05) is 12.1 Å². The molecule has 0 N–H and O–H groups in total. The molecule has 1 aromatic carbocycles. The molecule has 3 heteroatoms. The van der Waals surface area contributed by atoms with Gasteiger partial charge in [-0.1, -0.05) is 32.4 Å². The average Bonchev–Trinajstić information content (AvgIpc) is 2.32. The number of ether oxygens (including phenoxy) is 1. The second-order valence-corrected chi connectivity index (χ2v) is 5.08. The summed E-state index contributed by atoms with van der Waals surface area (Å²) < 4.78 is 5.95. The third kappa shape index (κ3) is 3.40. The summed E-state index contributed by atoms with van der Waals surface area (Å²) in [5, 5.41) is 9.26. The molecule has 0 spiro atoms. The summed E-state index contributed by atoms with van der Waals surface area (Å²) in [7, 11) is 0. The molecule has 0 amide bonds. The van der Waals surface area contributed by atoms with Gasteiger partial charge in [-0.25, -0.2) is 0 Å². The molecule has 0 aromatic heterocycles. The van der Waals surface area contributed by atoms with Gasteiger partial charge in [0.15, 0.2) is 0 Å². The van der Waals surface area contributed by atoms with Crippen molar-refractivity contribution in [1.82, 2.24) is 0 Å². The first-order valence-electron chi connectivity index (χ1n) is 6.07. The van der Waals surface area contributed by atoms with Crippen LogP contribution in [0.25, 0.3) is 0 Å². The van der Waals surface area contributed by atoms with Crippen molar-refractivity contribution in [3.8, 4) is 11.8 Å². The van der Waals surface area contributed by atoms with Crippen molar-refractivity contribution < 1.29 is 4.74 Å². The predicted octanol–water partition coefficient (Wildman–Crippen LogP) is 4.81. The number of nitriles is 1. The average molecular weight is 266 g/mol. The topological polar surface area (TPSA) is 33.0 Å². The number of hydrogen-bond donors (Lipinski definition) is 0. The molecule has 1 saturated carbocycles. The van der Waals surface area contributed by atoms with E-state index in [0.29, 0.717) is 16.5 Å². The van der Waals surface area contributed by atoms with Crippen molar-refractivity contribution in [2.45, 2.75) is 46.1 Å². The summed E-state index contributed by atoms with van der Waals surface area (Å²) >= 11 is 5.98. The van der Waals surface area contributed by atoms with Gasteiger partial charge in [-0.2, -0.15) is 5.26 Å². The van der Waals surface area contributed by atoms with Crippen LogP contribution in [0.1, 0.15) is 45.6 Å². The minimum atomic E-state index is 0. The van der Waals surface area contributed by atoms with E-state index in [2.05, 4.69) is 6.92 Å². The highest BCUT2D eigenvalue weighted by Crippen LogP contribution is 2.29. The molecule has 2 atom stereocenters. The molecule has 0 unspecified atom stereocenters.